The molecule has 0 aliphatic heterocycles. The molecule has 0 saturated carbocycles. The molecule has 0 unspecified atom stereocenters. The number of hydrogen-bond acceptors (Lipinski definition) is 4. The molecule has 0 aliphatic carbocycles. The van der Waals surface area contributed by atoms with E-state index in [1.54, 1.807) is 12.1 Å². The van der Waals surface area contributed by atoms with E-state index in [0.29, 0.717) is 5.69 Å². The summed E-state index contributed by atoms with van der Waals surface area (Å²) in [6, 6.07) is 13.8. The van der Waals surface area contributed by atoms with Crippen molar-refractivity contribution < 1.29 is 13.2 Å². The largest absolute Gasteiger partial charge is 0.376 e. The molecule has 0 saturated heterocycles. The predicted octanol–water partition coefficient (Wildman–Crippen LogP) is 2.75. The minimum atomic E-state index is -3.26. The Morgan fingerprint density at radius 1 is 1.09 bits per heavy atom. The minimum Gasteiger partial charge on any atom is -0.376 e. The van der Waals surface area contributed by atoms with Gasteiger partial charge in [0.2, 0.25) is 5.91 Å². The molecule has 0 bridgehead atoms. The van der Waals surface area contributed by atoms with Crippen LogP contribution in [0.25, 0.3) is 0 Å². The fourth-order valence-corrected chi connectivity index (χ4v) is 3.00. The topological polar surface area (TPSA) is 75.3 Å². The summed E-state index contributed by atoms with van der Waals surface area (Å²) in [6.07, 6.45) is 1.15. The maximum Gasteiger partial charge on any atom is 0.243 e. The van der Waals surface area contributed by atoms with Gasteiger partial charge in [-0.25, -0.2) is 8.42 Å². The fraction of sp³-hybridized carbons (Fsp3) is 0.133. The first-order valence-electron chi connectivity index (χ1n) is 6.44. The molecule has 0 aromatic heterocycles. The summed E-state index contributed by atoms with van der Waals surface area (Å²) in [6.45, 7) is 0.0543. The Morgan fingerprint density at radius 2 is 1.77 bits per heavy atom. The lowest BCUT2D eigenvalue weighted by Crippen LogP contribution is -2.21. The summed E-state index contributed by atoms with van der Waals surface area (Å²) in [5, 5.41) is 5.69. The second-order valence-electron chi connectivity index (χ2n) is 4.71. The maximum atomic E-state index is 11.9. The molecule has 7 heteroatoms. The highest BCUT2D eigenvalue weighted by molar-refractivity contribution is 14.1. The molecule has 2 aromatic rings. The number of nitrogens with one attached hydrogen (secondary N) is 2. The molecule has 0 spiro atoms. The summed E-state index contributed by atoms with van der Waals surface area (Å²) < 4.78 is 24.0. The van der Waals surface area contributed by atoms with Crippen LogP contribution in [0.1, 0.15) is 0 Å². The van der Waals surface area contributed by atoms with Gasteiger partial charge in [0.05, 0.1) is 11.4 Å². The smallest absolute Gasteiger partial charge is 0.243 e. The lowest BCUT2D eigenvalue weighted by Gasteiger charge is -2.09. The number of sulfone groups is 1. The molecule has 22 heavy (non-hydrogen) atoms. The first kappa shape index (κ1) is 16.8. The van der Waals surface area contributed by atoms with Gasteiger partial charge in [0.15, 0.2) is 9.84 Å². The number of hydrogen-bond donors (Lipinski definition) is 2. The van der Waals surface area contributed by atoms with Crippen molar-refractivity contribution >= 4 is 49.7 Å². The van der Waals surface area contributed by atoms with Gasteiger partial charge in [0, 0.05) is 21.2 Å². The highest BCUT2D eigenvalue weighted by Crippen LogP contribution is 2.15. The predicted molar refractivity (Wildman–Crippen MR) is 95.8 cm³/mol. The van der Waals surface area contributed by atoms with Crippen molar-refractivity contribution in [2.45, 2.75) is 4.90 Å². The Hall–Kier alpha value is -1.61. The molecule has 2 rings (SSSR count). The summed E-state index contributed by atoms with van der Waals surface area (Å²) in [7, 11) is -3.26. The van der Waals surface area contributed by atoms with E-state index in [4.69, 9.17) is 0 Å². The Morgan fingerprint density at radius 3 is 2.45 bits per heavy atom. The van der Waals surface area contributed by atoms with E-state index in [1.165, 1.54) is 12.1 Å². The lowest BCUT2D eigenvalue weighted by atomic mass is 10.3. The second-order valence-corrected chi connectivity index (χ2v) is 7.97. The van der Waals surface area contributed by atoms with Crippen LogP contribution < -0.4 is 10.6 Å². The van der Waals surface area contributed by atoms with E-state index >= 15 is 0 Å². The third-order valence-electron chi connectivity index (χ3n) is 2.82. The molecular weight excluding hydrogens is 415 g/mol. The zero-order chi connectivity index (χ0) is 16.2. The Kier molecular flexibility index (Phi) is 5.41. The molecule has 116 valence electrons. The Balaban J connectivity index is 1.97. The van der Waals surface area contributed by atoms with Crippen LogP contribution in [0, 0.1) is 3.57 Å². The van der Waals surface area contributed by atoms with E-state index in [0.717, 1.165) is 15.5 Å². The third kappa shape index (κ3) is 4.99. The van der Waals surface area contributed by atoms with Crippen LogP contribution in [0.15, 0.2) is 53.4 Å². The van der Waals surface area contributed by atoms with Gasteiger partial charge < -0.3 is 10.6 Å². The molecule has 2 N–H and O–H groups in total. The van der Waals surface area contributed by atoms with Crippen molar-refractivity contribution in [1.29, 1.82) is 0 Å². The first-order chi connectivity index (χ1) is 10.3. The summed E-state index contributed by atoms with van der Waals surface area (Å²) in [4.78, 5) is 12.1. The second kappa shape index (κ2) is 7.10. The number of anilines is 2. The number of benzene rings is 2. The minimum absolute atomic E-state index is 0.0543. The van der Waals surface area contributed by atoms with Crippen molar-refractivity contribution in [2.75, 3.05) is 23.4 Å². The molecule has 0 atom stereocenters. The Labute approximate surface area is 143 Å². The fourth-order valence-electron chi connectivity index (χ4n) is 1.79. The van der Waals surface area contributed by atoms with Crippen molar-refractivity contribution in [3.63, 3.8) is 0 Å². The molecule has 0 radical (unpaired) electrons. The van der Waals surface area contributed by atoms with Crippen molar-refractivity contribution in [1.82, 2.24) is 0 Å². The van der Waals surface area contributed by atoms with E-state index in [2.05, 4.69) is 33.2 Å². The van der Waals surface area contributed by atoms with Gasteiger partial charge >= 0.3 is 0 Å². The molecule has 0 heterocycles. The molecule has 0 aliphatic rings. The van der Waals surface area contributed by atoms with Crippen molar-refractivity contribution in [3.05, 3.63) is 52.1 Å². The maximum absolute atomic E-state index is 11.9. The summed E-state index contributed by atoms with van der Waals surface area (Å²) in [5.74, 6) is -0.202. The Bertz CT molecular complexity index is 791. The lowest BCUT2D eigenvalue weighted by molar-refractivity contribution is -0.114. The van der Waals surface area contributed by atoms with Crippen LogP contribution in [-0.4, -0.2) is 27.1 Å². The molecule has 1 amide bonds. The zero-order valence-corrected chi connectivity index (χ0v) is 14.8. The van der Waals surface area contributed by atoms with Gasteiger partial charge in [0.1, 0.15) is 0 Å². The highest BCUT2D eigenvalue weighted by Gasteiger charge is 2.08. The van der Waals surface area contributed by atoms with E-state index in [1.807, 2.05) is 24.3 Å². The van der Waals surface area contributed by atoms with Crippen LogP contribution in [0.2, 0.25) is 0 Å². The number of halogens is 1. The normalized spacial score (nSPS) is 11.0. The van der Waals surface area contributed by atoms with Gasteiger partial charge in [-0.05, 0) is 59.0 Å². The van der Waals surface area contributed by atoms with Crippen molar-refractivity contribution in [2.24, 2.45) is 0 Å². The number of amides is 1. The van der Waals surface area contributed by atoms with Gasteiger partial charge in [-0.15, -0.1) is 0 Å². The molecular formula is C15H15IN2O3S. The number of carbonyl (C=O) groups excluding carboxylic acids is 1. The van der Waals surface area contributed by atoms with Crippen LogP contribution in [0.5, 0.6) is 0 Å². The SMILES string of the molecule is CS(=O)(=O)c1cccc(NCC(=O)Nc2cccc(I)c2)c1. The number of rotatable bonds is 5. The number of carbonyl (C=O) groups is 1. The quantitative estimate of drug-likeness (QED) is 0.716. The summed E-state index contributed by atoms with van der Waals surface area (Å²) >= 11 is 2.17. The van der Waals surface area contributed by atoms with Gasteiger partial charge in [-0.1, -0.05) is 12.1 Å². The average Bonchev–Trinajstić information content (AvgIpc) is 2.45. The van der Waals surface area contributed by atoms with Gasteiger partial charge in [-0.3, -0.25) is 4.79 Å². The molecule has 0 fully saturated rings. The highest BCUT2D eigenvalue weighted by atomic mass is 127. The van der Waals surface area contributed by atoms with Crippen LogP contribution >= 0.6 is 22.6 Å². The standard InChI is InChI=1S/C15H15IN2O3S/c1-22(20,21)14-7-3-5-12(9-14)17-10-15(19)18-13-6-2-4-11(16)8-13/h2-9,17H,10H2,1H3,(H,18,19). The van der Waals surface area contributed by atoms with E-state index < -0.39 is 9.84 Å². The first-order valence-corrected chi connectivity index (χ1v) is 9.41. The van der Waals surface area contributed by atoms with Gasteiger partial charge in [-0.2, -0.15) is 0 Å². The van der Waals surface area contributed by atoms with Crippen LogP contribution in [0.3, 0.4) is 0 Å². The van der Waals surface area contributed by atoms with Crippen molar-refractivity contribution in [3.8, 4) is 0 Å². The van der Waals surface area contributed by atoms with Gasteiger partial charge in [0.25, 0.3) is 0 Å². The monoisotopic (exact) mass is 430 g/mol. The average molecular weight is 430 g/mol. The van der Waals surface area contributed by atoms with Crippen LogP contribution in [0.4, 0.5) is 11.4 Å². The third-order valence-corrected chi connectivity index (χ3v) is 4.60. The summed E-state index contributed by atoms with van der Waals surface area (Å²) in [5.41, 5.74) is 1.31. The molecule has 2 aromatic carbocycles. The molecule has 5 nitrogen and oxygen atoms in total. The zero-order valence-electron chi connectivity index (χ0n) is 11.8. The van der Waals surface area contributed by atoms with Crippen LogP contribution in [-0.2, 0) is 14.6 Å². The van der Waals surface area contributed by atoms with E-state index in [-0.39, 0.29) is 17.3 Å². The van der Waals surface area contributed by atoms with E-state index in [9.17, 15) is 13.2 Å².